The smallest absolute Gasteiger partial charge is 0.0289 e. The minimum Gasteiger partial charge on any atom is -0.124 e. The van der Waals surface area contributed by atoms with Crippen LogP contribution in [-0.2, 0) is 0 Å². The van der Waals surface area contributed by atoms with Crippen LogP contribution in [0.4, 0.5) is 0 Å². The second-order valence-corrected chi connectivity index (χ2v) is 2.71. The second kappa shape index (κ2) is 2.73. The molecule has 1 atom stereocenters. The highest BCUT2D eigenvalue weighted by Crippen LogP contribution is 2.38. The molecule has 1 saturated carbocycles. The summed E-state index contributed by atoms with van der Waals surface area (Å²) >= 11 is 0. The first-order valence-corrected chi connectivity index (χ1v) is 3.46. The molecule has 0 aromatic rings. The lowest BCUT2D eigenvalue weighted by molar-refractivity contribution is 0.576. The van der Waals surface area contributed by atoms with E-state index in [9.17, 15) is 0 Å². The fourth-order valence-electron chi connectivity index (χ4n) is 1.68. The standard InChI is InChI=1S/C7H10.C2H2/c1-2-7-4-3-6(1)5-7;1-2/h1,7H,2-5H2;1-2H. The van der Waals surface area contributed by atoms with E-state index in [1.165, 1.54) is 25.7 Å². The van der Waals surface area contributed by atoms with Crippen molar-refractivity contribution in [1.29, 1.82) is 0 Å². The van der Waals surface area contributed by atoms with Crippen molar-refractivity contribution in [1.82, 2.24) is 0 Å². The molecule has 0 N–H and O–H groups in total. The molecule has 0 saturated heterocycles. The zero-order chi connectivity index (χ0) is 6.69. The first-order valence-electron chi connectivity index (χ1n) is 3.46. The van der Waals surface area contributed by atoms with Crippen LogP contribution in [0.1, 0.15) is 25.7 Å². The number of fused-ring (bicyclic) bond motifs is 2. The predicted molar refractivity (Wildman–Crippen MR) is 39.9 cm³/mol. The van der Waals surface area contributed by atoms with E-state index >= 15 is 0 Å². The Balaban J connectivity index is 0.000000186. The quantitative estimate of drug-likeness (QED) is 0.340. The van der Waals surface area contributed by atoms with Crippen molar-refractivity contribution in [3.05, 3.63) is 11.6 Å². The first-order chi connectivity index (χ1) is 4.45. The van der Waals surface area contributed by atoms with Gasteiger partial charge in [0, 0.05) is 0 Å². The molecule has 48 valence electrons. The van der Waals surface area contributed by atoms with Gasteiger partial charge in [0.1, 0.15) is 0 Å². The van der Waals surface area contributed by atoms with Gasteiger partial charge in [0.05, 0.1) is 0 Å². The van der Waals surface area contributed by atoms with Crippen LogP contribution in [0.5, 0.6) is 0 Å². The maximum atomic E-state index is 4.00. The van der Waals surface area contributed by atoms with Crippen LogP contribution in [0.15, 0.2) is 11.6 Å². The highest BCUT2D eigenvalue weighted by molar-refractivity contribution is 5.15. The Bertz CT molecular complexity index is 139. The van der Waals surface area contributed by atoms with E-state index in [1.54, 1.807) is 5.57 Å². The van der Waals surface area contributed by atoms with Gasteiger partial charge in [-0.1, -0.05) is 11.6 Å². The monoisotopic (exact) mass is 120 g/mol. The van der Waals surface area contributed by atoms with Crippen molar-refractivity contribution in [2.24, 2.45) is 5.92 Å². The van der Waals surface area contributed by atoms with E-state index < -0.39 is 0 Å². The normalized spacial score (nSPS) is 28.7. The lowest BCUT2D eigenvalue weighted by Crippen LogP contribution is -1.85. The van der Waals surface area contributed by atoms with Gasteiger partial charge in [0.25, 0.3) is 0 Å². The van der Waals surface area contributed by atoms with Crippen LogP contribution in [0.25, 0.3) is 0 Å². The Kier molecular flexibility index (Phi) is 1.95. The Labute approximate surface area is 57.0 Å². The van der Waals surface area contributed by atoms with Gasteiger partial charge in [0.15, 0.2) is 0 Å². The SMILES string of the molecule is C#C.C1=C2CCC(C1)C2. The average Bonchev–Trinajstić information content (AvgIpc) is 2.53. The molecule has 1 fully saturated rings. The molecule has 0 heterocycles. The predicted octanol–water partition coefficient (Wildman–Crippen LogP) is 2.37. The summed E-state index contributed by atoms with van der Waals surface area (Å²) in [7, 11) is 0. The van der Waals surface area contributed by atoms with Crippen molar-refractivity contribution >= 4 is 0 Å². The van der Waals surface area contributed by atoms with E-state index in [0.717, 1.165) is 5.92 Å². The molecule has 2 aliphatic rings. The minimum absolute atomic E-state index is 1.08. The van der Waals surface area contributed by atoms with Crippen molar-refractivity contribution in [3.8, 4) is 12.8 Å². The molecule has 0 amide bonds. The summed E-state index contributed by atoms with van der Waals surface area (Å²) in [6, 6.07) is 0. The second-order valence-electron chi connectivity index (χ2n) is 2.71. The van der Waals surface area contributed by atoms with Crippen LogP contribution >= 0.6 is 0 Å². The molecule has 2 aliphatic carbocycles. The van der Waals surface area contributed by atoms with Crippen LogP contribution in [0, 0.1) is 18.8 Å². The van der Waals surface area contributed by atoms with E-state index in [4.69, 9.17) is 0 Å². The summed E-state index contributed by atoms with van der Waals surface area (Å²) in [5.41, 5.74) is 1.74. The summed E-state index contributed by atoms with van der Waals surface area (Å²) < 4.78 is 0. The molecule has 0 spiro atoms. The summed E-state index contributed by atoms with van der Waals surface area (Å²) in [5, 5.41) is 0. The number of hydrogen-bond acceptors (Lipinski definition) is 0. The number of hydrogen-bond donors (Lipinski definition) is 0. The van der Waals surface area contributed by atoms with Crippen LogP contribution in [-0.4, -0.2) is 0 Å². The van der Waals surface area contributed by atoms with E-state index in [-0.39, 0.29) is 0 Å². The Morgan fingerprint density at radius 2 is 2.22 bits per heavy atom. The fraction of sp³-hybridized carbons (Fsp3) is 0.556. The third-order valence-corrected chi connectivity index (χ3v) is 2.16. The minimum atomic E-state index is 1.08. The van der Waals surface area contributed by atoms with Gasteiger partial charge in [-0.25, -0.2) is 0 Å². The molecular formula is C9H12. The zero-order valence-corrected chi connectivity index (χ0v) is 5.64. The average molecular weight is 120 g/mol. The van der Waals surface area contributed by atoms with E-state index in [1.807, 2.05) is 0 Å². The molecule has 0 aromatic carbocycles. The van der Waals surface area contributed by atoms with Crippen molar-refractivity contribution < 1.29 is 0 Å². The number of rotatable bonds is 0. The van der Waals surface area contributed by atoms with Crippen molar-refractivity contribution in [3.63, 3.8) is 0 Å². The molecule has 2 bridgehead atoms. The molecule has 0 aliphatic heterocycles. The maximum Gasteiger partial charge on any atom is -0.0289 e. The van der Waals surface area contributed by atoms with Gasteiger partial charge < -0.3 is 0 Å². The van der Waals surface area contributed by atoms with Gasteiger partial charge >= 0.3 is 0 Å². The van der Waals surface area contributed by atoms with Gasteiger partial charge in [-0.2, -0.15) is 0 Å². The van der Waals surface area contributed by atoms with Crippen LogP contribution in [0.2, 0.25) is 0 Å². The molecule has 0 radical (unpaired) electrons. The highest BCUT2D eigenvalue weighted by atomic mass is 14.3. The molecule has 0 nitrogen and oxygen atoms in total. The summed E-state index contributed by atoms with van der Waals surface area (Å²) in [6.07, 6.45) is 16.2. The van der Waals surface area contributed by atoms with Crippen molar-refractivity contribution in [2.75, 3.05) is 0 Å². The molecule has 1 unspecified atom stereocenters. The highest BCUT2D eigenvalue weighted by Gasteiger charge is 2.22. The van der Waals surface area contributed by atoms with Crippen LogP contribution in [0.3, 0.4) is 0 Å². The first kappa shape index (κ1) is 6.42. The van der Waals surface area contributed by atoms with E-state index in [0.29, 0.717) is 0 Å². The molecule has 0 heteroatoms. The largest absolute Gasteiger partial charge is 0.124 e. The molecule has 0 aromatic heterocycles. The Morgan fingerprint density at radius 3 is 2.33 bits per heavy atom. The van der Waals surface area contributed by atoms with Gasteiger partial charge in [-0.15, -0.1) is 12.8 Å². The van der Waals surface area contributed by atoms with E-state index in [2.05, 4.69) is 18.9 Å². The lowest BCUT2D eigenvalue weighted by atomic mass is 10.1. The third kappa shape index (κ3) is 1.16. The van der Waals surface area contributed by atoms with Crippen LogP contribution < -0.4 is 0 Å². The molecular weight excluding hydrogens is 108 g/mol. The maximum absolute atomic E-state index is 4.00. The summed E-state index contributed by atoms with van der Waals surface area (Å²) in [5.74, 6) is 1.08. The number of allylic oxidation sites excluding steroid dienone is 2. The third-order valence-electron chi connectivity index (χ3n) is 2.16. The van der Waals surface area contributed by atoms with Gasteiger partial charge in [-0.3, -0.25) is 0 Å². The zero-order valence-electron chi connectivity index (χ0n) is 5.64. The molecule has 2 rings (SSSR count). The number of terminal acetylenes is 1. The molecule has 9 heavy (non-hydrogen) atoms. The Hall–Kier alpha value is -0.700. The summed E-state index contributed by atoms with van der Waals surface area (Å²) in [4.78, 5) is 0. The topological polar surface area (TPSA) is 0 Å². The Morgan fingerprint density at radius 1 is 1.44 bits per heavy atom. The summed E-state index contributed by atoms with van der Waals surface area (Å²) in [6.45, 7) is 0. The van der Waals surface area contributed by atoms with Crippen molar-refractivity contribution in [2.45, 2.75) is 25.7 Å². The van der Waals surface area contributed by atoms with Gasteiger partial charge in [0.2, 0.25) is 0 Å². The lowest BCUT2D eigenvalue weighted by Gasteiger charge is -1.98. The van der Waals surface area contributed by atoms with Gasteiger partial charge in [-0.05, 0) is 31.6 Å². The fourth-order valence-corrected chi connectivity index (χ4v) is 1.68.